The molecule has 3 heterocycles. The minimum Gasteiger partial charge on any atom is -0.341 e. The van der Waals surface area contributed by atoms with Crippen LogP contribution in [0, 0.1) is 11.8 Å². The molecule has 1 aromatic carbocycles. The van der Waals surface area contributed by atoms with Crippen molar-refractivity contribution in [3.8, 4) is 11.1 Å². The van der Waals surface area contributed by atoms with Gasteiger partial charge in [-0.05, 0) is 55.0 Å². The summed E-state index contributed by atoms with van der Waals surface area (Å²) >= 11 is 6.00. The lowest BCUT2D eigenvalue weighted by Gasteiger charge is -2.44. The van der Waals surface area contributed by atoms with E-state index in [-0.39, 0.29) is 17.4 Å². The zero-order valence-corrected chi connectivity index (χ0v) is 17.4. The number of likely N-dealkylation sites (tertiary alicyclic amines) is 1. The number of carbonyl (C=O) groups excluding carboxylic acids is 1. The first kappa shape index (κ1) is 18.9. The molecule has 5 heteroatoms. The van der Waals surface area contributed by atoms with Crippen LogP contribution in [0.15, 0.2) is 41.2 Å². The Bertz CT molecular complexity index is 975. The lowest BCUT2D eigenvalue weighted by atomic mass is 9.81. The second kappa shape index (κ2) is 7.64. The molecule has 29 heavy (non-hydrogen) atoms. The smallest absolute Gasteiger partial charge is 0.258 e. The Kier molecular flexibility index (Phi) is 4.99. The van der Waals surface area contributed by atoms with E-state index in [1.54, 1.807) is 0 Å². The molecule has 0 unspecified atom stereocenters. The van der Waals surface area contributed by atoms with E-state index in [1.165, 1.54) is 19.3 Å². The number of aromatic nitrogens is 1. The largest absolute Gasteiger partial charge is 0.341 e. The van der Waals surface area contributed by atoms with E-state index in [1.807, 2.05) is 34.9 Å². The second-order valence-corrected chi connectivity index (χ2v) is 9.41. The number of amides is 1. The first-order valence-electron chi connectivity index (χ1n) is 10.9. The van der Waals surface area contributed by atoms with Crippen LogP contribution in [0.2, 0.25) is 5.02 Å². The third kappa shape index (κ3) is 3.52. The Balaban J connectivity index is 1.42. The van der Waals surface area contributed by atoms with Gasteiger partial charge in [0.15, 0.2) is 0 Å². The molecule has 1 amide bonds. The van der Waals surface area contributed by atoms with Crippen LogP contribution in [-0.2, 0) is 11.3 Å². The Morgan fingerprint density at radius 3 is 2.45 bits per heavy atom. The molecule has 4 nitrogen and oxygen atoms in total. The lowest BCUT2D eigenvalue weighted by Crippen LogP contribution is -2.50. The fraction of sp³-hybridized carbons (Fsp3) is 0.500. The van der Waals surface area contributed by atoms with E-state index < -0.39 is 0 Å². The molecule has 2 bridgehead atoms. The van der Waals surface area contributed by atoms with Gasteiger partial charge in [-0.15, -0.1) is 0 Å². The van der Waals surface area contributed by atoms with Crippen LogP contribution in [-0.4, -0.2) is 28.5 Å². The van der Waals surface area contributed by atoms with E-state index in [0.717, 1.165) is 49.2 Å². The summed E-state index contributed by atoms with van der Waals surface area (Å²) in [6.45, 7) is 2.26. The molecule has 0 spiro atoms. The highest BCUT2D eigenvalue weighted by molar-refractivity contribution is 6.30. The van der Waals surface area contributed by atoms with Gasteiger partial charge in [0, 0.05) is 47.8 Å². The highest BCUT2D eigenvalue weighted by Crippen LogP contribution is 2.37. The average molecular weight is 411 g/mol. The van der Waals surface area contributed by atoms with Gasteiger partial charge in [-0.25, -0.2) is 0 Å². The SMILES string of the molecule is O=C(C1CCCCC1)N1C[C@@H]2C[C@H](C1)c1ccc(-c3ccc(Cl)cc3)c(=O)n1C2. The molecule has 1 aromatic heterocycles. The van der Waals surface area contributed by atoms with E-state index in [4.69, 9.17) is 11.6 Å². The highest BCUT2D eigenvalue weighted by Gasteiger charge is 2.38. The van der Waals surface area contributed by atoms with Crippen LogP contribution in [0.1, 0.15) is 50.1 Å². The van der Waals surface area contributed by atoms with Crippen molar-refractivity contribution in [2.75, 3.05) is 13.1 Å². The van der Waals surface area contributed by atoms with E-state index in [2.05, 4.69) is 11.0 Å². The Morgan fingerprint density at radius 2 is 1.69 bits per heavy atom. The third-order valence-electron chi connectivity index (χ3n) is 7.03. The number of nitrogens with zero attached hydrogens (tertiary/aromatic N) is 2. The molecule has 5 rings (SSSR count). The standard InChI is InChI=1S/C24H27ClN2O2/c25-20-8-6-17(7-9-20)21-10-11-22-19-12-16(14-27(22)24(21)29)13-26(15-19)23(28)18-4-2-1-3-5-18/h6-11,16,18-19H,1-5,12-15H2/t16-,19+/m0/s1. The van der Waals surface area contributed by atoms with Crippen molar-refractivity contribution in [2.45, 2.75) is 51.0 Å². The van der Waals surface area contributed by atoms with E-state index >= 15 is 0 Å². The molecule has 152 valence electrons. The number of halogens is 1. The van der Waals surface area contributed by atoms with Crippen LogP contribution in [0.4, 0.5) is 0 Å². The number of carbonyl (C=O) groups is 1. The first-order valence-corrected chi connectivity index (χ1v) is 11.3. The van der Waals surface area contributed by atoms with Crippen LogP contribution >= 0.6 is 11.6 Å². The number of pyridine rings is 1. The van der Waals surface area contributed by atoms with Gasteiger partial charge >= 0.3 is 0 Å². The molecule has 1 saturated carbocycles. The molecular formula is C24H27ClN2O2. The summed E-state index contributed by atoms with van der Waals surface area (Å²) in [4.78, 5) is 28.4. The van der Waals surface area contributed by atoms with E-state index in [0.29, 0.717) is 23.4 Å². The number of benzene rings is 1. The van der Waals surface area contributed by atoms with Crippen molar-refractivity contribution in [1.29, 1.82) is 0 Å². The number of hydrogen-bond donors (Lipinski definition) is 0. The minimum atomic E-state index is 0.0755. The summed E-state index contributed by atoms with van der Waals surface area (Å²) in [5.41, 5.74) is 2.79. The monoisotopic (exact) mass is 410 g/mol. The van der Waals surface area contributed by atoms with Gasteiger partial charge in [-0.2, -0.15) is 0 Å². The van der Waals surface area contributed by atoms with Gasteiger partial charge in [0.05, 0.1) is 0 Å². The summed E-state index contributed by atoms with van der Waals surface area (Å²) < 4.78 is 1.96. The van der Waals surface area contributed by atoms with Gasteiger partial charge in [0.25, 0.3) is 5.56 Å². The number of rotatable bonds is 2. The molecule has 0 N–H and O–H groups in total. The fourth-order valence-electron chi connectivity index (χ4n) is 5.58. The van der Waals surface area contributed by atoms with Gasteiger partial charge in [0.2, 0.25) is 5.91 Å². The fourth-order valence-corrected chi connectivity index (χ4v) is 5.71. The summed E-state index contributed by atoms with van der Waals surface area (Å²) in [6, 6.07) is 11.5. The number of hydrogen-bond acceptors (Lipinski definition) is 2. The Hall–Kier alpha value is -2.07. The molecule has 3 aliphatic rings. The van der Waals surface area contributed by atoms with Crippen LogP contribution in [0.5, 0.6) is 0 Å². The van der Waals surface area contributed by atoms with Crippen molar-refractivity contribution < 1.29 is 4.79 Å². The zero-order chi connectivity index (χ0) is 20.0. The Labute approximate surface area is 176 Å². The van der Waals surface area contributed by atoms with Crippen molar-refractivity contribution in [3.63, 3.8) is 0 Å². The summed E-state index contributed by atoms with van der Waals surface area (Å²) in [5.74, 6) is 1.21. The lowest BCUT2D eigenvalue weighted by molar-refractivity contribution is -0.139. The summed E-state index contributed by atoms with van der Waals surface area (Å²) in [7, 11) is 0. The van der Waals surface area contributed by atoms with Crippen molar-refractivity contribution >= 4 is 17.5 Å². The summed E-state index contributed by atoms with van der Waals surface area (Å²) in [5, 5.41) is 0.670. The molecule has 0 radical (unpaired) electrons. The van der Waals surface area contributed by atoms with Gasteiger partial charge in [0.1, 0.15) is 0 Å². The van der Waals surface area contributed by atoms with E-state index in [9.17, 15) is 9.59 Å². The molecule has 2 aliphatic heterocycles. The molecule has 1 aliphatic carbocycles. The Morgan fingerprint density at radius 1 is 0.931 bits per heavy atom. The van der Waals surface area contributed by atoms with Crippen LogP contribution < -0.4 is 5.56 Å². The molecule has 2 aromatic rings. The van der Waals surface area contributed by atoms with Gasteiger partial charge in [-0.3, -0.25) is 9.59 Å². The molecule has 1 saturated heterocycles. The quantitative estimate of drug-likeness (QED) is 0.720. The predicted octanol–water partition coefficient (Wildman–Crippen LogP) is 4.69. The molecule has 2 atom stereocenters. The zero-order valence-electron chi connectivity index (χ0n) is 16.6. The highest BCUT2D eigenvalue weighted by atomic mass is 35.5. The summed E-state index contributed by atoms with van der Waals surface area (Å²) in [6.07, 6.45) is 6.80. The van der Waals surface area contributed by atoms with Crippen LogP contribution in [0.25, 0.3) is 11.1 Å². The predicted molar refractivity (Wildman–Crippen MR) is 115 cm³/mol. The van der Waals surface area contributed by atoms with Gasteiger partial charge in [-0.1, -0.05) is 43.0 Å². The van der Waals surface area contributed by atoms with Crippen molar-refractivity contribution in [1.82, 2.24) is 9.47 Å². The maximum absolute atomic E-state index is 13.2. The maximum Gasteiger partial charge on any atom is 0.258 e. The minimum absolute atomic E-state index is 0.0755. The van der Waals surface area contributed by atoms with Crippen molar-refractivity contribution in [3.05, 3.63) is 57.5 Å². The maximum atomic E-state index is 13.2. The van der Waals surface area contributed by atoms with Crippen LogP contribution in [0.3, 0.4) is 0 Å². The van der Waals surface area contributed by atoms with Crippen molar-refractivity contribution in [2.24, 2.45) is 11.8 Å². The number of piperidine rings is 1. The topological polar surface area (TPSA) is 42.3 Å². The first-order chi connectivity index (χ1) is 14.1. The number of fused-ring (bicyclic) bond motifs is 4. The molecule has 2 fully saturated rings. The second-order valence-electron chi connectivity index (χ2n) is 8.97. The normalized spacial score (nSPS) is 24.2. The van der Waals surface area contributed by atoms with Gasteiger partial charge < -0.3 is 9.47 Å². The average Bonchev–Trinajstić information content (AvgIpc) is 2.75. The third-order valence-corrected chi connectivity index (χ3v) is 7.28. The molecular weight excluding hydrogens is 384 g/mol.